The number of carbonyl (C=O) groups is 1. The second kappa shape index (κ2) is 8.35. The third-order valence-corrected chi connectivity index (χ3v) is 8.81. The lowest BCUT2D eigenvalue weighted by Crippen LogP contribution is -2.47. The van der Waals surface area contributed by atoms with E-state index in [-0.39, 0.29) is 29.5 Å². The number of hydrogen-bond donors (Lipinski definition) is 0. The highest BCUT2D eigenvalue weighted by atomic mass is 32.2. The SMILES string of the molecule is CC[C@@H](C)N(C(=O)CSC1=Nc2ccccc2CS1)[C@@H]1CCS(=O)(=O)C1. The maximum absolute atomic E-state index is 12.9. The summed E-state index contributed by atoms with van der Waals surface area (Å²) in [5, 5.41) is 0. The van der Waals surface area contributed by atoms with Crippen LogP contribution in [0.3, 0.4) is 0 Å². The van der Waals surface area contributed by atoms with Crippen LogP contribution in [0.15, 0.2) is 29.3 Å². The first-order valence-corrected chi connectivity index (χ1v) is 12.6. The topological polar surface area (TPSA) is 66.8 Å². The summed E-state index contributed by atoms with van der Waals surface area (Å²) < 4.78 is 24.6. The van der Waals surface area contributed by atoms with Crippen LogP contribution in [0.25, 0.3) is 0 Å². The van der Waals surface area contributed by atoms with Crippen LogP contribution in [0.5, 0.6) is 0 Å². The maximum Gasteiger partial charge on any atom is 0.233 e. The van der Waals surface area contributed by atoms with Gasteiger partial charge in [0.25, 0.3) is 0 Å². The number of fused-ring (bicyclic) bond motifs is 1. The van der Waals surface area contributed by atoms with Gasteiger partial charge in [-0.15, -0.1) is 0 Å². The number of hydrogen-bond acceptors (Lipinski definition) is 6. The van der Waals surface area contributed by atoms with E-state index in [1.807, 2.05) is 32.0 Å². The summed E-state index contributed by atoms with van der Waals surface area (Å²) in [5.41, 5.74) is 2.19. The molecule has 142 valence electrons. The number of rotatable bonds is 5. The van der Waals surface area contributed by atoms with Crippen molar-refractivity contribution in [2.24, 2.45) is 4.99 Å². The van der Waals surface area contributed by atoms with Crippen molar-refractivity contribution < 1.29 is 13.2 Å². The zero-order chi connectivity index (χ0) is 18.7. The summed E-state index contributed by atoms with van der Waals surface area (Å²) in [4.78, 5) is 19.3. The van der Waals surface area contributed by atoms with E-state index in [1.165, 1.54) is 17.3 Å². The Morgan fingerprint density at radius 3 is 2.88 bits per heavy atom. The molecule has 3 rings (SSSR count). The van der Waals surface area contributed by atoms with Crippen molar-refractivity contribution in [2.75, 3.05) is 17.3 Å². The van der Waals surface area contributed by atoms with E-state index >= 15 is 0 Å². The fourth-order valence-electron chi connectivity index (χ4n) is 3.28. The number of thioether (sulfide) groups is 2. The van der Waals surface area contributed by atoms with Gasteiger partial charge >= 0.3 is 0 Å². The highest BCUT2D eigenvalue weighted by Gasteiger charge is 2.36. The first-order chi connectivity index (χ1) is 12.4. The number of nitrogens with zero attached hydrogens (tertiary/aromatic N) is 2. The molecule has 0 unspecified atom stereocenters. The minimum atomic E-state index is -3.01. The Kier molecular flexibility index (Phi) is 6.35. The molecule has 2 heterocycles. The lowest BCUT2D eigenvalue weighted by atomic mass is 10.1. The van der Waals surface area contributed by atoms with Crippen LogP contribution < -0.4 is 0 Å². The number of sulfone groups is 1. The first kappa shape index (κ1) is 19.8. The van der Waals surface area contributed by atoms with Gasteiger partial charge in [-0.05, 0) is 31.4 Å². The fraction of sp³-hybridized carbons (Fsp3) is 0.556. The molecule has 26 heavy (non-hydrogen) atoms. The van der Waals surface area contributed by atoms with Crippen LogP contribution in [0.2, 0.25) is 0 Å². The molecule has 2 atom stereocenters. The molecule has 0 N–H and O–H groups in total. The summed E-state index contributed by atoms with van der Waals surface area (Å²) in [6, 6.07) is 7.90. The standard InChI is InChI=1S/C18H24N2O3S3/c1-3-13(2)20(15-8-9-26(22,23)12-15)17(21)11-25-18-19-16-7-5-4-6-14(16)10-24-18/h4-7,13,15H,3,8-12H2,1-2H3/t13-,15-/m1/s1. The molecule has 2 aliphatic heterocycles. The van der Waals surface area contributed by atoms with Crippen molar-refractivity contribution in [3.63, 3.8) is 0 Å². The zero-order valence-electron chi connectivity index (χ0n) is 15.1. The van der Waals surface area contributed by atoms with Gasteiger partial charge < -0.3 is 4.90 Å². The highest BCUT2D eigenvalue weighted by Crippen LogP contribution is 2.34. The van der Waals surface area contributed by atoms with Gasteiger partial charge in [-0.25, -0.2) is 13.4 Å². The molecule has 1 saturated heterocycles. The van der Waals surface area contributed by atoms with E-state index < -0.39 is 9.84 Å². The Labute approximate surface area is 163 Å². The molecule has 0 saturated carbocycles. The van der Waals surface area contributed by atoms with Gasteiger partial charge in [-0.2, -0.15) is 0 Å². The lowest BCUT2D eigenvalue weighted by Gasteiger charge is -2.33. The monoisotopic (exact) mass is 412 g/mol. The molecule has 0 bridgehead atoms. The molecule has 0 spiro atoms. The van der Waals surface area contributed by atoms with Crippen LogP contribution in [-0.4, -0.2) is 52.9 Å². The van der Waals surface area contributed by atoms with E-state index in [9.17, 15) is 13.2 Å². The largest absolute Gasteiger partial charge is 0.335 e. The molecule has 1 amide bonds. The highest BCUT2D eigenvalue weighted by molar-refractivity contribution is 8.38. The molecule has 1 aromatic carbocycles. The van der Waals surface area contributed by atoms with Gasteiger partial charge in [-0.1, -0.05) is 48.6 Å². The van der Waals surface area contributed by atoms with Crippen LogP contribution in [0, 0.1) is 0 Å². The van der Waals surface area contributed by atoms with Crippen molar-refractivity contribution in [3.05, 3.63) is 29.8 Å². The average molecular weight is 413 g/mol. The summed E-state index contributed by atoms with van der Waals surface area (Å²) in [7, 11) is -3.01. The number of benzene rings is 1. The Balaban J connectivity index is 1.66. The molecule has 0 aliphatic carbocycles. The average Bonchev–Trinajstić information content (AvgIpc) is 2.99. The Bertz CT molecular complexity index is 808. The Morgan fingerprint density at radius 1 is 1.42 bits per heavy atom. The number of amides is 1. The zero-order valence-corrected chi connectivity index (χ0v) is 17.5. The molecule has 1 aromatic rings. The molecular formula is C18H24N2O3S3. The number of carbonyl (C=O) groups excluding carboxylic acids is 1. The molecule has 8 heteroatoms. The van der Waals surface area contributed by atoms with Crippen molar-refractivity contribution in [1.82, 2.24) is 4.90 Å². The van der Waals surface area contributed by atoms with Crippen LogP contribution >= 0.6 is 23.5 Å². The minimum absolute atomic E-state index is 0.00797. The molecule has 1 fully saturated rings. The summed E-state index contributed by atoms with van der Waals surface area (Å²) >= 11 is 3.11. The van der Waals surface area contributed by atoms with E-state index in [4.69, 9.17) is 0 Å². The molecular weight excluding hydrogens is 388 g/mol. The van der Waals surface area contributed by atoms with E-state index in [0.29, 0.717) is 12.2 Å². The van der Waals surface area contributed by atoms with Gasteiger partial charge in [0.1, 0.15) is 4.38 Å². The Morgan fingerprint density at radius 2 is 2.19 bits per heavy atom. The van der Waals surface area contributed by atoms with Gasteiger partial charge in [0.15, 0.2) is 9.84 Å². The summed E-state index contributed by atoms with van der Waals surface area (Å²) in [6.07, 6.45) is 1.36. The number of para-hydroxylation sites is 1. The van der Waals surface area contributed by atoms with Gasteiger partial charge in [-0.3, -0.25) is 4.79 Å². The van der Waals surface area contributed by atoms with Crippen LogP contribution in [0.1, 0.15) is 32.3 Å². The van der Waals surface area contributed by atoms with Gasteiger partial charge in [0.05, 0.1) is 22.9 Å². The van der Waals surface area contributed by atoms with Crippen molar-refractivity contribution in [1.29, 1.82) is 0 Å². The van der Waals surface area contributed by atoms with Gasteiger partial charge in [0, 0.05) is 17.8 Å². The van der Waals surface area contributed by atoms with Crippen LogP contribution in [-0.2, 0) is 20.4 Å². The lowest BCUT2D eigenvalue weighted by molar-refractivity contribution is -0.132. The maximum atomic E-state index is 12.9. The smallest absolute Gasteiger partial charge is 0.233 e. The van der Waals surface area contributed by atoms with Crippen molar-refractivity contribution in [3.8, 4) is 0 Å². The fourth-order valence-corrected chi connectivity index (χ4v) is 6.93. The molecule has 0 aromatic heterocycles. The predicted octanol–water partition coefficient (Wildman–Crippen LogP) is 3.47. The Hall–Kier alpha value is -0.990. The van der Waals surface area contributed by atoms with Crippen LogP contribution in [0.4, 0.5) is 5.69 Å². The quantitative estimate of drug-likeness (QED) is 0.741. The number of aliphatic imine (C=N–C) groups is 1. The second-order valence-corrected chi connectivity index (χ2v) is 11.1. The van der Waals surface area contributed by atoms with Gasteiger partial charge in [0.2, 0.25) is 5.91 Å². The summed E-state index contributed by atoms with van der Waals surface area (Å²) in [6.45, 7) is 4.02. The molecule has 2 aliphatic rings. The summed E-state index contributed by atoms with van der Waals surface area (Å²) in [5.74, 6) is 1.45. The first-order valence-electron chi connectivity index (χ1n) is 8.83. The minimum Gasteiger partial charge on any atom is -0.335 e. The third kappa shape index (κ3) is 4.64. The van der Waals surface area contributed by atoms with E-state index in [1.54, 1.807) is 16.7 Å². The van der Waals surface area contributed by atoms with E-state index in [2.05, 4.69) is 11.1 Å². The normalized spacial score (nSPS) is 22.4. The molecule has 5 nitrogen and oxygen atoms in total. The van der Waals surface area contributed by atoms with Crippen molar-refractivity contribution in [2.45, 2.75) is 44.5 Å². The third-order valence-electron chi connectivity index (χ3n) is 4.83. The molecule has 0 radical (unpaired) electrons. The van der Waals surface area contributed by atoms with E-state index in [0.717, 1.165) is 22.2 Å². The van der Waals surface area contributed by atoms with Crippen molar-refractivity contribution >= 4 is 49.3 Å². The second-order valence-electron chi connectivity index (χ2n) is 6.70. The predicted molar refractivity (Wildman–Crippen MR) is 111 cm³/mol.